The fourth-order valence-corrected chi connectivity index (χ4v) is 5.83. The van der Waals surface area contributed by atoms with Crippen molar-refractivity contribution in [3.63, 3.8) is 0 Å². The summed E-state index contributed by atoms with van der Waals surface area (Å²) in [6.45, 7) is 2.09. The van der Waals surface area contributed by atoms with E-state index in [1.54, 1.807) is 0 Å². The number of nitrogens with zero attached hydrogens (tertiary/aromatic N) is 1. The van der Waals surface area contributed by atoms with Crippen molar-refractivity contribution >= 4 is 11.3 Å². The minimum absolute atomic E-state index is 0.00933. The number of aromatic nitrogens is 1. The molecule has 5 aromatic carbocycles. The number of fused-ring (bicyclic) bond motifs is 1. The highest BCUT2D eigenvalue weighted by Crippen LogP contribution is 2.44. The molecule has 2 aromatic heterocycles. The monoisotopic (exact) mass is 539 g/mol. The average molecular weight is 540 g/mol. The SMILES string of the molecule is Cc1ccc(-c2c(C(=O)c3ccccc3)c3cc(-c4ccccc4)cc(-c4ccccc4)n3c2-c2ccccc2)cc1. The molecule has 0 bridgehead atoms. The topological polar surface area (TPSA) is 21.5 Å². The van der Waals surface area contributed by atoms with Crippen LogP contribution in [0.1, 0.15) is 21.5 Å². The number of pyridine rings is 1. The molecule has 0 atom stereocenters. The molecular formula is C40H29NO. The van der Waals surface area contributed by atoms with Gasteiger partial charge in [-0.15, -0.1) is 0 Å². The van der Waals surface area contributed by atoms with Crippen molar-refractivity contribution in [3.05, 3.63) is 174 Å². The summed E-state index contributed by atoms with van der Waals surface area (Å²) in [6.07, 6.45) is 0. The summed E-state index contributed by atoms with van der Waals surface area (Å²) in [5.41, 5.74) is 11.8. The molecule has 0 aliphatic heterocycles. The van der Waals surface area contributed by atoms with Gasteiger partial charge in [0.15, 0.2) is 5.78 Å². The van der Waals surface area contributed by atoms with Gasteiger partial charge in [0, 0.05) is 11.1 Å². The highest BCUT2D eigenvalue weighted by atomic mass is 16.1. The fraction of sp³-hybridized carbons (Fsp3) is 0.0250. The number of ketones is 1. The van der Waals surface area contributed by atoms with Crippen LogP contribution in [-0.4, -0.2) is 10.2 Å². The Bertz CT molecular complexity index is 2010. The highest BCUT2D eigenvalue weighted by molar-refractivity contribution is 6.20. The Morgan fingerprint density at radius 2 is 1.02 bits per heavy atom. The maximum Gasteiger partial charge on any atom is 0.195 e. The van der Waals surface area contributed by atoms with E-state index in [0.29, 0.717) is 11.1 Å². The van der Waals surface area contributed by atoms with Crippen molar-refractivity contribution in [3.8, 4) is 44.8 Å². The Kier molecular flexibility index (Phi) is 6.58. The van der Waals surface area contributed by atoms with E-state index in [2.05, 4.69) is 121 Å². The van der Waals surface area contributed by atoms with E-state index in [4.69, 9.17) is 0 Å². The lowest BCUT2D eigenvalue weighted by Crippen LogP contribution is -2.03. The summed E-state index contributed by atoms with van der Waals surface area (Å²) in [5, 5.41) is 0. The van der Waals surface area contributed by atoms with Gasteiger partial charge >= 0.3 is 0 Å². The molecule has 0 spiro atoms. The van der Waals surface area contributed by atoms with Gasteiger partial charge in [0.25, 0.3) is 0 Å². The third-order valence-electron chi connectivity index (χ3n) is 7.86. The zero-order valence-electron chi connectivity index (χ0n) is 23.4. The maximum atomic E-state index is 14.6. The lowest BCUT2D eigenvalue weighted by atomic mass is 9.92. The van der Waals surface area contributed by atoms with E-state index >= 15 is 0 Å². The molecule has 0 N–H and O–H groups in total. The van der Waals surface area contributed by atoms with Crippen LogP contribution in [0.2, 0.25) is 0 Å². The Hall–Kier alpha value is -5.47. The lowest BCUT2D eigenvalue weighted by Gasteiger charge is -2.15. The molecule has 0 amide bonds. The molecule has 2 heteroatoms. The van der Waals surface area contributed by atoms with Gasteiger partial charge in [0.2, 0.25) is 0 Å². The number of rotatable bonds is 6. The summed E-state index contributed by atoms with van der Waals surface area (Å²) in [7, 11) is 0. The maximum absolute atomic E-state index is 14.6. The Labute approximate surface area is 246 Å². The van der Waals surface area contributed by atoms with Gasteiger partial charge < -0.3 is 4.40 Å². The fourth-order valence-electron chi connectivity index (χ4n) is 5.83. The first kappa shape index (κ1) is 25.5. The Morgan fingerprint density at radius 1 is 0.500 bits per heavy atom. The smallest absolute Gasteiger partial charge is 0.195 e. The van der Waals surface area contributed by atoms with Crippen molar-refractivity contribution in [2.45, 2.75) is 6.92 Å². The summed E-state index contributed by atoms with van der Waals surface area (Å²) in [6, 6.07) is 53.9. The van der Waals surface area contributed by atoms with E-state index in [1.807, 2.05) is 48.5 Å². The zero-order valence-corrected chi connectivity index (χ0v) is 23.4. The first-order chi connectivity index (χ1) is 20.7. The Morgan fingerprint density at radius 3 is 1.62 bits per heavy atom. The van der Waals surface area contributed by atoms with Crippen LogP contribution in [0.3, 0.4) is 0 Å². The van der Waals surface area contributed by atoms with Gasteiger partial charge in [-0.2, -0.15) is 0 Å². The molecule has 0 aliphatic carbocycles. The van der Waals surface area contributed by atoms with Gasteiger partial charge in [-0.25, -0.2) is 0 Å². The third-order valence-corrected chi connectivity index (χ3v) is 7.86. The van der Waals surface area contributed by atoms with Crippen LogP contribution in [0.25, 0.3) is 50.3 Å². The lowest BCUT2D eigenvalue weighted by molar-refractivity contribution is 0.104. The van der Waals surface area contributed by atoms with Gasteiger partial charge in [-0.1, -0.05) is 151 Å². The van der Waals surface area contributed by atoms with Gasteiger partial charge in [0.1, 0.15) is 0 Å². The Balaban J connectivity index is 1.70. The summed E-state index contributed by atoms with van der Waals surface area (Å²) in [5.74, 6) is 0.00933. The minimum Gasteiger partial charge on any atom is -0.308 e. The third kappa shape index (κ3) is 4.53. The highest BCUT2D eigenvalue weighted by Gasteiger charge is 2.28. The minimum atomic E-state index is 0.00933. The van der Waals surface area contributed by atoms with E-state index in [-0.39, 0.29) is 5.78 Å². The van der Waals surface area contributed by atoms with Crippen molar-refractivity contribution in [2.24, 2.45) is 0 Å². The summed E-state index contributed by atoms with van der Waals surface area (Å²) >= 11 is 0. The number of aryl methyl sites for hydroxylation is 1. The molecule has 200 valence electrons. The zero-order chi connectivity index (χ0) is 28.5. The number of carbonyl (C=O) groups excluding carboxylic acids is 1. The average Bonchev–Trinajstić information content (AvgIpc) is 3.41. The molecule has 0 unspecified atom stereocenters. The van der Waals surface area contributed by atoms with Crippen LogP contribution in [0, 0.1) is 6.92 Å². The van der Waals surface area contributed by atoms with Crippen LogP contribution >= 0.6 is 0 Å². The normalized spacial score (nSPS) is 11.1. The van der Waals surface area contributed by atoms with Crippen molar-refractivity contribution < 1.29 is 4.79 Å². The van der Waals surface area contributed by atoms with Crippen molar-refractivity contribution in [1.82, 2.24) is 4.40 Å². The number of hydrogen-bond acceptors (Lipinski definition) is 1. The van der Waals surface area contributed by atoms with Gasteiger partial charge in [-0.05, 0) is 46.9 Å². The molecule has 2 heterocycles. The van der Waals surface area contributed by atoms with Gasteiger partial charge in [-0.3, -0.25) is 4.79 Å². The molecular weight excluding hydrogens is 510 g/mol. The molecule has 0 radical (unpaired) electrons. The standard InChI is InChI=1S/C40H29NO/c1-28-22-24-31(25-23-28)37-38(40(42)33-20-12-5-13-21-33)36-27-34(29-14-6-2-7-15-29)26-35(30-16-8-3-9-17-30)41(36)39(37)32-18-10-4-11-19-32/h2-27H,1H3. The van der Waals surface area contributed by atoms with Crippen LogP contribution in [0.15, 0.2) is 158 Å². The predicted octanol–water partition coefficient (Wildman–Crippen LogP) is 10.1. The molecule has 0 saturated carbocycles. The molecule has 42 heavy (non-hydrogen) atoms. The van der Waals surface area contributed by atoms with E-state index in [9.17, 15) is 4.79 Å². The number of carbonyl (C=O) groups is 1. The second kappa shape index (κ2) is 10.8. The van der Waals surface area contributed by atoms with E-state index in [0.717, 1.165) is 50.3 Å². The molecule has 0 saturated heterocycles. The summed E-state index contributed by atoms with van der Waals surface area (Å²) < 4.78 is 2.29. The quantitative estimate of drug-likeness (QED) is 0.193. The van der Waals surface area contributed by atoms with Crippen molar-refractivity contribution in [2.75, 3.05) is 0 Å². The van der Waals surface area contributed by atoms with Crippen molar-refractivity contribution in [1.29, 1.82) is 0 Å². The number of benzene rings is 5. The van der Waals surface area contributed by atoms with E-state index < -0.39 is 0 Å². The second-order valence-electron chi connectivity index (χ2n) is 10.6. The van der Waals surface area contributed by atoms with Gasteiger partial charge in [0.05, 0.1) is 22.5 Å². The van der Waals surface area contributed by atoms with Crippen LogP contribution in [0.4, 0.5) is 0 Å². The largest absolute Gasteiger partial charge is 0.308 e. The second-order valence-corrected chi connectivity index (χ2v) is 10.6. The van der Waals surface area contributed by atoms with E-state index in [1.165, 1.54) is 5.56 Å². The number of hydrogen-bond donors (Lipinski definition) is 0. The molecule has 0 aliphatic rings. The molecule has 7 aromatic rings. The van der Waals surface area contributed by atoms with Crippen LogP contribution < -0.4 is 0 Å². The van der Waals surface area contributed by atoms with Crippen LogP contribution in [-0.2, 0) is 0 Å². The van der Waals surface area contributed by atoms with Crippen LogP contribution in [0.5, 0.6) is 0 Å². The molecule has 2 nitrogen and oxygen atoms in total. The summed E-state index contributed by atoms with van der Waals surface area (Å²) in [4.78, 5) is 14.6. The molecule has 7 rings (SSSR count). The predicted molar refractivity (Wildman–Crippen MR) is 174 cm³/mol. The molecule has 0 fully saturated rings. The first-order valence-electron chi connectivity index (χ1n) is 14.2. The first-order valence-corrected chi connectivity index (χ1v) is 14.2.